The molecule has 2 atom stereocenters. The van der Waals surface area contributed by atoms with Crippen LogP contribution in [0, 0.1) is 5.41 Å². The van der Waals surface area contributed by atoms with Crippen molar-refractivity contribution < 1.29 is 9.59 Å². The van der Waals surface area contributed by atoms with Gasteiger partial charge in [0.2, 0.25) is 5.91 Å². The summed E-state index contributed by atoms with van der Waals surface area (Å²) in [5.74, 6) is 0.230. The molecule has 2 fully saturated rings. The van der Waals surface area contributed by atoms with Crippen molar-refractivity contribution in [2.45, 2.75) is 51.0 Å². The SMILES string of the molecule is C=CCCN1C(=O)C2(CCCC2=O)CCC1CC=C. The van der Waals surface area contributed by atoms with E-state index in [4.69, 9.17) is 0 Å². The fourth-order valence-electron chi connectivity index (χ4n) is 3.49. The minimum atomic E-state index is -0.682. The molecule has 1 saturated carbocycles. The number of amides is 1. The van der Waals surface area contributed by atoms with Crippen LogP contribution in [-0.4, -0.2) is 29.2 Å². The Labute approximate surface area is 115 Å². The molecular weight excluding hydrogens is 238 g/mol. The molecule has 104 valence electrons. The van der Waals surface area contributed by atoms with E-state index in [9.17, 15) is 9.59 Å². The van der Waals surface area contributed by atoms with Crippen LogP contribution in [0.3, 0.4) is 0 Å². The number of ketones is 1. The molecule has 1 aliphatic carbocycles. The fourth-order valence-corrected chi connectivity index (χ4v) is 3.49. The first kappa shape index (κ1) is 14.0. The van der Waals surface area contributed by atoms with Gasteiger partial charge in [0.1, 0.15) is 11.2 Å². The van der Waals surface area contributed by atoms with Gasteiger partial charge in [-0.25, -0.2) is 0 Å². The first-order chi connectivity index (χ1) is 9.15. The van der Waals surface area contributed by atoms with Crippen LogP contribution < -0.4 is 0 Å². The van der Waals surface area contributed by atoms with Crippen LogP contribution in [0.25, 0.3) is 0 Å². The van der Waals surface area contributed by atoms with Gasteiger partial charge in [-0.15, -0.1) is 13.2 Å². The van der Waals surface area contributed by atoms with Crippen molar-refractivity contribution >= 4 is 11.7 Å². The number of likely N-dealkylation sites (tertiary alicyclic amines) is 1. The van der Waals surface area contributed by atoms with E-state index in [1.54, 1.807) is 0 Å². The number of nitrogens with zero attached hydrogens (tertiary/aromatic N) is 1. The molecule has 3 heteroatoms. The zero-order valence-corrected chi connectivity index (χ0v) is 11.6. The van der Waals surface area contributed by atoms with E-state index in [1.807, 2.05) is 17.1 Å². The Morgan fingerprint density at radius 2 is 2.05 bits per heavy atom. The van der Waals surface area contributed by atoms with Crippen LogP contribution in [0.2, 0.25) is 0 Å². The summed E-state index contributed by atoms with van der Waals surface area (Å²) in [5.41, 5.74) is -0.682. The average Bonchev–Trinajstić information content (AvgIpc) is 2.76. The van der Waals surface area contributed by atoms with Crippen LogP contribution in [0.5, 0.6) is 0 Å². The maximum Gasteiger partial charge on any atom is 0.236 e. The topological polar surface area (TPSA) is 37.4 Å². The summed E-state index contributed by atoms with van der Waals surface area (Å²) in [5, 5.41) is 0. The Morgan fingerprint density at radius 1 is 1.26 bits per heavy atom. The van der Waals surface area contributed by atoms with E-state index in [2.05, 4.69) is 13.2 Å². The minimum absolute atomic E-state index is 0.0648. The lowest BCUT2D eigenvalue weighted by molar-refractivity contribution is -0.155. The number of hydrogen-bond donors (Lipinski definition) is 0. The second-order valence-electron chi connectivity index (χ2n) is 5.65. The Morgan fingerprint density at radius 3 is 2.63 bits per heavy atom. The van der Waals surface area contributed by atoms with Gasteiger partial charge >= 0.3 is 0 Å². The van der Waals surface area contributed by atoms with Crippen LogP contribution in [0.15, 0.2) is 25.3 Å². The first-order valence-electron chi connectivity index (χ1n) is 7.22. The Hall–Kier alpha value is -1.38. The maximum absolute atomic E-state index is 12.8. The third-order valence-corrected chi connectivity index (χ3v) is 4.57. The van der Waals surface area contributed by atoms with E-state index in [0.717, 1.165) is 38.5 Å². The van der Waals surface area contributed by atoms with Crippen molar-refractivity contribution in [2.75, 3.05) is 6.54 Å². The average molecular weight is 261 g/mol. The fraction of sp³-hybridized carbons (Fsp3) is 0.625. The highest BCUT2D eigenvalue weighted by molar-refractivity contribution is 6.07. The Balaban J connectivity index is 2.21. The van der Waals surface area contributed by atoms with E-state index in [0.29, 0.717) is 13.0 Å². The molecular formula is C16H23NO2. The third kappa shape index (κ3) is 2.38. The number of rotatable bonds is 5. The van der Waals surface area contributed by atoms with Gasteiger partial charge in [-0.2, -0.15) is 0 Å². The van der Waals surface area contributed by atoms with Crippen LogP contribution in [0.1, 0.15) is 44.9 Å². The van der Waals surface area contributed by atoms with Crippen molar-refractivity contribution in [2.24, 2.45) is 5.41 Å². The molecule has 1 amide bonds. The van der Waals surface area contributed by atoms with Crippen LogP contribution >= 0.6 is 0 Å². The van der Waals surface area contributed by atoms with Crippen molar-refractivity contribution in [1.29, 1.82) is 0 Å². The van der Waals surface area contributed by atoms with Gasteiger partial charge in [-0.05, 0) is 38.5 Å². The molecule has 2 aliphatic rings. The summed E-state index contributed by atoms with van der Waals surface area (Å²) >= 11 is 0. The molecule has 2 rings (SSSR count). The number of carbonyl (C=O) groups excluding carboxylic acids is 2. The Bertz CT molecular complexity index is 402. The summed E-state index contributed by atoms with van der Waals surface area (Å²) in [7, 11) is 0. The summed E-state index contributed by atoms with van der Waals surface area (Å²) in [6.07, 6.45) is 9.13. The first-order valence-corrected chi connectivity index (χ1v) is 7.22. The summed E-state index contributed by atoms with van der Waals surface area (Å²) in [6, 6.07) is 0.212. The molecule has 3 nitrogen and oxygen atoms in total. The minimum Gasteiger partial charge on any atom is -0.338 e. The van der Waals surface area contributed by atoms with Gasteiger partial charge in [0.15, 0.2) is 0 Å². The van der Waals surface area contributed by atoms with Crippen LogP contribution in [0.4, 0.5) is 0 Å². The second-order valence-corrected chi connectivity index (χ2v) is 5.65. The third-order valence-electron chi connectivity index (χ3n) is 4.57. The summed E-state index contributed by atoms with van der Waals surface area (Å²) in [6.45, 7) is 8.17. The van der Waals surface area contributed by atoms with Gasteiger partial charge in [-0.1, -0.05) is 12.2 Å². The smallest absolute Gasteiger partial charge is 0.236 e. The molecule has 0 bridgehead atoms. The molecule has 19 heavy (non-hydrogen) atoms. The zero-order valence-electron chi connectivity index (χ0n) is 11.6. The van der Waals surface area contributed by atoms with Crippen molar-refractivity contribution in [3.05, 3.63) is 25.3 Å². The number of Topliss-reactive ketones (excluding diaryl/α,β-unsaturated/α-hetero) is 1. The van der Waals surface area contributed by atoms with Gasteiger partial charge in [0.25, 0.3) is 0 Å². The van der Waals surface area contributed by atoms with E-state index < -0.39 is 5.41 Å². The second kappa shape index (κ2) is 5.72. The van der Waals surface area contributed by atoms with Crippen LogP contribution in [-0.2, 0) is 9.59 Å². The van der Waals surface area contributed by atoms with Gasteiger partial charge in [0, 0.05) is 19.0 Å². The van der Waals surface area contributed by atoms with E-state index in [-0.39, 0.29) is 17.7 Å². The van der Waals surface area contributed by atoms with E-state index >= 15 is 0 Å². The molecule has 0 N–H and O–H groups in total. The molecule has 0 aromatic carbocycles. The largest absolute Gasteiger partial charge is 0.338 e. The molecule has 1 aliphatic heterocycles. The lowest BCUT2D eigenvalue weighted by Gasteiger charge is -2.43. The van der Waals surface area contributed by atoms with Crippen molar-refractivity contribution in [3.8, 4) is 0 Å². The number of carbonyl (C=O) groups is 2. The molecule has 1 heterocycles. The Kier molecular flexibility index (Phi) is 4.23. The molecule has 0 radical (unpaired) electrons. The van der Waals surface area contributed by atoms with Gasteiger partial charge in [-0.3, -0.25) is 9.59 Å². The number of piperidine rings is 1. The van der Waals surface area contributed by atoms with Gasteiger partial charge in [0.05, 0.1) is 0 Å². The van der Waals surface area contributed by atoms with Crippen molar-refractivity contribution in [1.82, 2.24) is 4.90 Å². The van der Waals surface area contributed by atoms with Crippen molar-refractivity contribution in [3.63, 3.8) is 0 Å². The molecule has 0 aromatic heterocycles. The zero-order chi connectivity index (χ0) is 13.9. The highest BCUT2D eigenvalue weighted by Crippen LogP contribution is 2.45. The predicted octanol–water partition coefficient (Wildman–Crippen LogP) is 2.87. The highest BCUT2D eigenvalue weighted by atomic mass is 16.2. The highest BCUT2D eigenvalue weighted by Gasteiger charge is 2.53. The standard InChI is InChI=1S/C16H23NO2/c1-3-5-12-17-13(7-4-2)9-11-16(15(17)19)10-6-8-14(16)18/h3-4,13H,1-2,5-12H2. The molecule has 1 saturated heterocycles. The number of hydrogen-bond acceptors (Lipinski definition) is 2. The maximum atomic E-state index is 12.8. The lowest BCUT2D eigenvalue weighted by atomic mass is 9.74. The van der Waals surface area contributed by atoms with Gasteiger partial charge < -0.3 is 4.90 Å². The predicted molar refractivity (Wildman–Crippen MR) is 75.7 cm³/mol. The monoisotopic (exact) mass is 261 g/mol. The molecule has 2 unspecified atom stereocenters. The lowest BCUT2D eigenvalue weighted by Crippen LogP contribution is -2.55. The summed E-state index contributed by atoms with van der Waals surface area (Å²) < 4.78 is 0. The normalized spacial score (nSPS) is 30.9. The molecule has 0 aromatic rings. The quantitative estimate of drug-likeness (QED) is 0.563. The summed E-state index contributed by atoms with van der Waals surface area (Å²) in [4.78, 5) is 26.9. The molecule has 1 spiro atoms. The van der Waals surface area contributed by atoms with E-state index in [1.165, 1.54) is 0 Å².